The normalized spacial score (nSPS) is 20.9. The summed E-state index contributed by atoms with van der Waals surface area (Å²) in [6, 6.07) is 0.684. The van der Waals surface area contributed by atoms with Gasteiger partial charge in [-0.05, 0) is 50.3 Å². The monoisotopic (exact) mass is 345 g/mol. The van der Waals surface area contributed by atoms with Gasteiger partial charge in [0.2, 0.25) is 0 Å². The fourth-order valence-electron chi connectivity index (χ4n) is 4.05. The van der Waals surface area contributed by atoms with Crippen LogP contribution in [0.5, 0.6) is 0 Å². The number of piperidine rings is 2. The lowest BCUT2D eigenvalue weighted by atomic mass is 9.89. The lowest BCUT2D eigenvalue weighted by molar-refractivity contribution is 0.0961. The zero-order chi connectivity index (χ0) is 17.8. The van der Waals surface area contributed by atoms with Crippen molar-refractivity contribution in [1.29, 1.82) is 0 Å². The molecule has 1 aromatic rings. The van der Waals surface area contributed by atoms with E-state index in [1.54, 1.807) is 7.05 Å². The third-order valence-corrected chi connectivity index (χ3v) is 5.69. The molecular formula is C19H31N5O. The number of carbonyl (C=O) groups excluding carboxylic acids is 1. The third kappa shape index (κ3) is 4.29. The molecule has 0 atom stereocenters. The van der Waals surface area contributed by atoms with Gasteiger partial charge in [0.25, 0.3) is 0 Å². The van der Waals surface area contributed by atoms with Gasteiger partial charge in [0.05, 0.1) is 0 Å². The first-order chi connectivity index (χ1) is 12.1. The second-order valence-electron chi connectivity index (χ2n) is 7.61. The second-order valence-corrected chi connectivity index (χ2v) is 7.61. The van der Waals surface area contributed by atoms with Gasteiger partial charge in [0.1, 0.15) is 5.82 Å². The zero-order valence-electron chi connectivity index (χ0n) is 15.7. The molecule has 3 heterocycles. The van der Waals surface area contributed by atoms with Gasteiger partial charge in [-0.15, -0.1) is 0 Å². The third-order valence-electron chi connectivity index (χ3n) is 5.69. The number of hydrogen-bond acceptors (Lipinski definition) is 4. The fourth-order valence-corrected chi connectivity index (χ4v) is 4.05. The molecule has 3 rings (SSSR count). The predicted molar refractivity (Wildman–Crippen MR) is 98.7 cm³/mol. The Labute approximate surface area is 151 Å². The van der Waals surface area contributed by atoms with Crippen molar-refractivity contribution in [3.8, 4) is 0 Å². The quantitative estimate of drug-likeness (QED) is 0.915. The molecule has 0 radical (unpaired) electrons. The highest BCUT2D eigenvalue weighted by atomic mass is 16.2. The smallest absolute Gasteiger partial charge is 0.317 e. The number of amides is 2. The minimum atomic E-state index is 0.0574. The standard InChI is InChI=1S/C19H31N5O/c1-14(2)18-21-12-16(13-22-18)15-4-8-23(9-5-15)17-6-10-24(11-7-17)19(25)20-3/h12-15,17H,4-11H2,1-3H3,(H,20,25). The average Bonchev–Trinajstić information content (AvgIpc) is 2.67. The Morgan fingerprint density at radius 3 is 2.20 bits per heavy atom. The fraction of sp³-hybridized carbons (Fsp3) is 0.737. The molecule has 0 unspecified atom stereocenters. The van der Waals surface area contributed by atoms with E-state index in [2.05, 4.69) is 34.0 Å². The van der Waals surface area contributed by atoms with E-state index in [0.29, 0.717) is 17.9 Å². The second kappa shape index (κ2) is 8.13. The van der Waals surface area contributed by atoms with E-state index >= 15 is 0 Å². The molecule has 2 amide bonds. The molecule has 0 aromatic carbocycles. The topological polar surface area (TPSA) is 61.4 Å². The molecule has 6 nitrogen and oxygen atoms in total. The molecule has 0 spiro atoms. The number of hydrogen-bond donors (Lipinski definition) is 1. The molecule has 2 aliphatic rings. The Balaban J connectivity index is 1.48. The SMILES string of the molecule is CNC(=O)N1CCC(N2CCC(c3cnc(C(C)C)nc3)CC2)CC1. The maximum absolute atomic E-state index is 11.7. The summed E-state index contributed by atoms with van der Waals surface area (Å²) in [7, 11) is 1.70. The molecule has 138 valence electrons. The van der Waals surface area contributed by atoms with Crippen molar-refractivity contribution in [2.75, 3.05) is 33.2 Å². The lowest BCUT2D eigenvalue weighted by Crippen LogP contribution is -2.50. The van der Waals surface area contributed by atoms with Crippen LogP contribution in [-0.4, -0.2) is 65.1 Å². The van der Waals surface area contributed by atoms with Gasteiger partial charge in [0, 0.05) is 44.5 Å². The van der Waals surface area contributed by atoms with Crippen molar-refractivity contribution in [3.05, 3.63) is 23.8 Å². The maximum atomic E-state index is 11.7. The number of carbonyl (C=O) groups is 1. The molecule has 2 aliphatic heterocycles. The molecule has 2 fully saturated rings. The van der Waals surface area contributed by atoms with Crippen LogP contribution in [0.1, 0.15) is 62.8 Å². The van der Waals surface area contributed by atoms with Crippen LogP contribution in [0.2, 0.25) is 0 Å². The number of rotatable bonds is 3. The van der Waals surface area contributed by atoms with Gasteiger partial charge >= 0.3 is 6.03 Å². The molecule has 2 saturated heterocycles. The van der Waals surface area contributed by atoms with Crippen molar-refractivity contribution in [3.63, 3.8) is 0 Å². The molecule has 0 bridgehead atoms. The molecule has 0 aliphatic carbocycles. The summed E-state index contributed by atoms with van der Waals surface area (Å²) in [5.41, 5.74) is 1.29. The zero-order valence-corrected chi connectivity index (χ0v) is 15.7. The minimum absolute atomic E-state index is 0.0574. The van der Waals surface area contributed by atoms with Gasteiger partial charge in [-0.25, -0.2) is 14.8 Å². The van der Waals surface area contributed by atoms with Gasteiger partial charge in [0.15, 0.2) is 0 Å². The van der Waals surface area contributed by atoms with Crippen LogP contribution < -0.4 is 5.32 Å². The Bertz CT molecular complexity index is 558. The Morgan fingerprint density at radius 2 is 1.68 bits per heavy atom. The summed E-state index contributed by atoms with van der Waals surface area (Å²) < 4.78 is 0. The van der Waals surface area contributed by atoms with Crippen LogP contribution in [-0.2, 0) is 0 Å². The number of urea groups is 1. The summed E-state index contributed by atoms with van der Waals surface area (Å²) >= 11 is 0. The summed E-state index contributed by atoms with van der Waals surface area (Å²) in [6.45, 7) is 8.28. The van der Waals surface area contributed by atoms with Crippen molar-refractivity contribution < 1.29 is 4.79 Å². The van der Waals surface area contributed by atoms with Crippen molar-refractivity contribution in [2.45, 2.75) is 57.4 Å². The molecular weight excluding hydrogens is 314 g/mol. The van der Waals surface area contributed by atoms with Crippen LogP contribution in [0.15, 0.2) is 12.4 Å². The average molecular weight is 345 g/mol. The van der Waals surface area contributed by atoms with E-state index in [0.717, 1.165) is 44.8 Å². The number of aromatic nitrogens is 2. The summed E-state index contributed by atoms with van der Waals surface area (Å²) in [4.78, 5) is 25.3. The van der Waals surface area contributed by atoms with Crippen LogP contribution >= 0.6 is 0 Å². The highest BCUT2D eigenvalue weighted by molar-refractivity contribution is 5.73. The van der Waals surface area contributed by atoms with Gasteiger partial charge < -0.3 is 15.1 Å². The number of likely N-dealkylation sites (tertiary alicyclic amines) is 2. The van der Waals surface area contributed by atoms with Crippen LogP contribution in [0.3, 0.4) is 0 Å². The largest absolute Gasteiger partial charge is 0.341 e. The Hall–Kier alpha value is -1.69. The Morgan fingerprint density at radius 1 is 1.08 bits per heavy atom. The highest BCUT2D eigenvalue weighted by Gasteiger charge is 2.30. The van der Waals surface area contributed by atoms with Crippen LogP contribution in [0, 0.1) is 0 Å². The summed E-state index contributed by atoms with van der Waals surface area (Å²) in [5, 5.41) is 2.73. The highest BCUT2D eigenvalue weighted by Crippen LogP contribution is 2.30. The van der Waals surface area contributed by atoms with Gasteiger partial charge in [-0.3, -0.25) is 0 Å². The van der Waals surface area contributed by atoms with Crippen LogP contribution in [0.4, 0.5) is 4.79 Å². The Kier molecular flexibility index (Phi) is 5.89. The maximum Gasteiger partial charge on any atom is 0.317 e. The first kappa shape index (κ1) is 18.1. The first-order valence-electron chi connectivity index (χ1n) is 9.61. The van der Waals surface area contributed by atoms with E-state index in [9.17, 15) is 4.79 Å². The molecule has 6 heteroatoms. The molecule has 0 saturated carbocycles. The molecule has 25 heavy (non-hydrogen) atoms. The van der Waals surface area contributed by atoms with Crippen molar-refractivity contribution in [2.24, 2.45) is 0 Å². The number of nitrogens with one attached hydrogen (secondary N) is 1. The molecule has 1 N–H and O–H groups in total. The summed E-state index contributed by atoms with van der Waals surface area (Å²) in [6.07, 6.45) is 8.60. The van der Waals surface area contributed by atoms with Crippen LogP contribution in [0.25, 0.3) is 0 Å². The van der Waals surface area contributed by atoms with E-state index in [1.165, 1.54) is 18.4 Å². The van der Waals surface area contributed by atoms with Gasteiger partial charge in [-0.2, -0.15) is 0 Å². The first-order valence-corrected chi connectivity index (χ1v) is 9.61. The van der Waals surface area contributed by atoms with E-state index < -0.39 is 0 Å². The van der Waals surface area contributed by atoms with Gasteiger partial charge in [-0.1, -0.05) is 13.8 Å². The van der Waals surface area contributed by atoms with Crippen molar-refractivity contribution in [1.82, 2.24) is 25.1 Å². The lowest BCUT2D eigenvalue weighted by Gasteiger charge is -2.41. The van der Waals surface area contributed by atoms with E-state index in [1.807, 2.05) is 17.3 Å². The molecule has 1 aromatic heterocycles. The number of nitrogens with zero attached hydrogens (tertiary/aromatic N) is 4. The van der Waals surface area contributed by atoms with E-state index in [-0.39, 0.29) is 6.03 Å². The minimum Gasteiger partial charge on any atom is -0.341 e. The predicted octanol–water partition coefficient (Wildman–Crippen LogP) is 2.58. The van der Waals surface area contributed by atoms with Crippen molar-refractivity contribution >= 4 is 6.03 Å². The van der Waals surface area contributed by atoms with E-state index in [4.69, 9.17) is 0 Å². The summed E-state index contributed by atoms with van der Waals surface area (Å²) in [5.74, 6) is 1.91.